The third-order valence-electron chi connectivity index (χ3n) is 3.07. The molecule has 2 atom stereocenters. The van der Waals surface area contributed by atoms with Crippen molar-refractivity contribution in [3.63, 3.8) is 0 Å². The quantitative estimate of drug-likeness (QED) is 0.623. The summed E-state index contributed by atoms with van der Waals surface area (Å²) in [5, 5.41) is 19.1. The lowest BCUT2D eigenvalue weighted by atomic mass is 10.00. The summed E-state index contributed by atoms with van der Waals surface area (Å²) < 4.78 is 0. The molecule has 3 heteroatoms. The zero-order valence-electron chi connectivity index (χ0n) is 7.96. The van der Waals surface area contributed by atoms with E-state index in [-0.39, 0.29) is 11.8 Å². The lowest BCUT2D eigenvalue weighted by Crippen LogP contribution is -1.90. The monoisotopic (exact) mass is 181 g/mol. The maximum absolute atomic E-state index is 9.56. The molecule has 0 spiro atoms. The molecule has 1 heterocycles. The van der Waals surface area contributed by atoms with Crippen molar-refractivity contribution in [2.24, 2.45) is 0 Å². The van der Waals surface area contributed by atoms with E-state index in [1.54, 1.807) is 0 Å². The molecule has 1 aliphatic carbocycles. The maximum Gasteiger partial charge on any atom is 0.195 e. The van der Waals surface area contributed by atoms with E-state index in [1.165, 1.54) is 0 Å². The highest BCUT2D eigenvalue weighted by molar-refractivity contribution is 5.51. The van der Waals surface area contributed by atoms with E-state index >= 15 is 0 Å². The van der Waals surface area contributed by atoms with Gasteiger partial charge in [-0.1, -0.05) is 13.8 Å². The van der Waals surface area contributed by atoms with Crippen molar-refractivity contribution in [2.75, 3.05) is 0 Å². The van der Waals surface area contributed by atoms with Crippen LogP contribution in [0.3, 0.4) is 0 Å². The summed E-state index contributed by atoms with van der Waals surface area (Å²) in [6, 6.07) is 0. The zero-order valence-corrected chi connectivity index (χ0v) is 7.96. The van der Waals surface area contributed by atoms with Gasteiger partial charge in [-0.3, -0.25) is 4.98 Å². The summed E-state index contributed by atoms with van der Waals surface area (Å²) in [7, 11) is 0. The smallest absolute Gasteiger partial charge is 0.195 e. The first-order chi connectivity index (χ1) is 6.15. The lowest BCUT2D eigenvalue weighted by molar-refractivity contribution is 0.412. The molecule has 0 aliphatic heterocycles. The highest BCUT2D eigenvalue weighted by atomic mass is 16.3. The molecule has 0 radical (unpaired) electrons. The average Bonchev–Trinajstić information content (AvgIpc) is 2.54. The first-order valence-electron chi connectivity index (χ1n) is 4.78. The van der Waals surface area contributed by atoms with Crippen LogP contribution >= 0.6 is 0 Å². The highest BCUT2D eigenvalue weighted by Crippen LogP contribution is 2.50. The second kappa shape index (κ2) is 2.69. The summed E-state index contributed by atoms with van der Waals surface area (Å²) in [6.45, 7) is 4.19. The molecule has 1 aromatic rings. The maximum atomic E-state index is 9.56. The molecule has 3 nitrogen and oxygen atoms in total. The van der Waals surface area contributed by atoms with Gasteiger partial charge >= 0.3 is 0 Å². The molecule has 2 unspecified atom stereocenters. The predicted octanol–water partition coefficient (Wildman–Crippen LogP) is 2.43. The number of nitrogens with one attached hydrogen (secondary N) is 1. The first-order valence-corrected chi connectivity index (χ1v) is 4.78. The molecule has 0 saturated heterocycles. The average molecular weight is 181 g/mol. The molecule has 0 aromatic carbocycles. The number of fused-ring (bicyclic) bond motifs is 1. The Hall–Kier alpha value is -1.12. The molecule has 0 amide bonds. The third kappa shape index (κ3) is 1.03. The number of hydrogen-bond acceptors (Lipinski definition) is 2. The van der Waals surface area contributed by atoms with Crippen LogP contribution in [0.15, 0.2) is 0 Å². The summed E-state index contributed by atoms with van der Waals surface area (Å²) >= 11 is 0. The fourth-order valence-electron chi connectivity index (χ4n) is 2.45. The van der Waals surface area contributed by atoms with E-state index in [1.807, 2.05) is 0 Å². The van der Waals surface area contributed by atoms with Gasteiger partial charge < -0.3 is 10.2 Å². The van der Waals surface area contributed by atoms with Crippen molar-refractivity contribution in [3.05, 3.63) is 11.1 Å². The van der Waals surface area contributed by atoms with E-state index in [0.717, 1.165) is 24.0 Å². The fraction of sp³-hybridized carbons (Fsp3) is 0.600. The molecule has 0 bridgehead atoms. The van der Waals surface area contributed by atoms with Crippen LogP contribution in [0, 0.1) is 0 Å². The molecule has 1 aliphatic rings. The normalized spacial score (nSPS) is 26.3. The Kier molecular flexibility index (Phi) is 1.75. The largest absolute Gasteiger partial charge is 0.494 e. The summed E-state index contributed by atoms with van der Waals surface area (Å²) in [6.07, 6.45) is 2.05. The molecule has 3 N–H and O–H groups in total. The second-order valence-electron chi connectivity index (χ2n) is 3.89. The molecule has 13 heavy (non-hydrogen) atoms. The van der Waals surface area contributed by atoms with Gasteiger partial charge in [-0.2, -0.15) is 0 Å². The third-order valence-corrected chi connectivity index (χ3v) is 3.07. The predicted molar refractivity (Wildman–Crippen MR) is 50.2 cm³/mol. The number of hydrogen-bond donors (Lipinski definition) is 3. The van der Waals surface area contributed by atoms with Gasteiger partial charge in [-0.25, -0.2) is 0 Å². The van der Waals surface area contributed by atoms with E-state index in [2.05, 4.69) is 18.8 Å². The Balaban J connectivity index is 2.53. The Morgan fingerprint density at radius 2 is 1.92 bits per heavy atom. The minimum absolute atomic E-state index is 0.149. The molecule has 0 fully saturated rings. The number of rotatable bonds is 1. The first kappa shape index (κ1) is 8.48. The van der Waals surface area contributed by atoms with Crippen LogP contribution in [0.5, 0.6) is 11.8 Å². The minimum atomic E-state index is 0.149. The Morgan fingerprint density at radius 3 is 2.54 bits per heavy atom. The molecular formula is C10H15NO2. The van der Waals surface area contributed by atoms with E-state index in [9.17, 15) is 10.2 Å². The zero-order chi connectivity index (χ0) is 9.59. The topological polar surface area (TPSA) is 56.2 Å². The van der Waals surface area contributed by atoms with Crippen molar-refractivity contribution in [1.29, 1.82) is 0 Å². The molecule has 0 saturated carbocycles. The van der Waals surface area contributed by atoms with Gasteiger partial charge in [0, 0.05) is 11.1 Å². The summed E-state index contributed by atoms with van der Waals surface area (Å²) in [4.78, 5) is 2.58. The van der Waals surface area contributed by atoms with Gasteiger partial charge in [0.15, 0.2) is 11.8 Å². The van der Waals surface area contributed by atoms with Gasteiger partial charge in [0.2, 0.25) is 0 Å². The van der Waals surface area contributed by atoms with Crippen LogP contribution in [0.1, 0.15) is 49.7 Å². The Morgan fingerprint density at radius 1 is 1.31 bits per heavy atom. The van der Waals surface area contributed by atoms with E-state index in [0.29, 0.717) is 11.8 Å². The summed E-state index contributed by atoms with van der Waals surface area (Å²) in [5.41, 5.74) is 1.86. The second-order valence-corrected chi connectivity index (χ2v) is 3.89. The van der Waals surface area contributed by atoms with Crippen LogP contribution < -0.4 is 0 Å². The fourth-order valence-corrected chi connectivity index (χ4v) is 2.45. The number of aromatic hydroxyl groups is 2. The van der Waals surface area contributed by atoms with Gasteiger partial charge in [0.1, 0.15) is 0 Å². The minimum Gasteiger partial charge on any atom is -0.494 e. The SMILES string of the molecule is CCC1CC(C)c2c(O)[nH]c(O)c21. The van der Waals surface area contributed by atoms with Crippen molar-refractivity contribution >= 4 is 0 Å². The van der Waals surface area contributed by atoms with Crippen LogP contribution in [-0.2, 0) is 0 Å². The number of aromatic amines is 1. The summed E-state index contributed by atoms with van der Waals surface area (Å²) in [5.74, 6) is 1.07. The van der Waals surface area contributed by atoms with Crippen LogP contribution in [0.2, 0.25) is 0 Å². The van der Waals surface area contributed by atoms with Crippen LogP contribution in [0.4, 0.5) is 0 Å². The standard InChI is InChI=1S/C10H15NO2/c1-3-6-4-5(2)7-8(6)10(13)11-9(7)12/h5-6,11-13H,3-4H2,1-2H3. The van der Waals surface area contributed by atoms with Gasteiger partial charge in [-0.15, -0.1) is 0 Å². The van der Waals surface area contributed by atoms with E-state index < -0.39 is 0 Å². The van der Waals surface area contributed by atoms with Crippen molar-refractivity contribution in [1.82, 2.24) is 4.98 Å². The number of H-pyrrole nitrogens is 1. The molecule has 72 valence electrons. The lowest BCUT2D eigenvalue weighted by Gasteiger charge is -2.06. The van der Waals surface area contributed by atoms with Gasteiger partial charge in [0.25, 0.3) is 0 Å². The van der Waals surface area contributed by atoms with Crippen molar-refractivity contribution in [2.45, 2.75) is 38.5 Å². The van der Waals surface area contributed by atoms with Crippen LogP contribution in [0.25, 0.3) is 0 Å². The Bertz CT molecular complexity index is 330. The van der Waals surface area contributed by atoms with E-state index in [4.69, 9.17) is 0 Å². The molecule has 2 rings (SSSR count). The van der Waals surface area contributed by atoms with Gasteiger partial charge in [-0.05, 0) is 24.7 Å². The number of aromatic nitrogens is 1. The van der Waals surface area contributed by atoms with Crippen molar-refractivity contribution < 1.29 is 10.2 Å². The van der Waals surface area contributed by atoms with Gasteiger partial charge in [0.05, 0.1) is 0 Å². The van der Waals surface area contributed by atoms with Crippen molar-refractivity contribution in [3.8, 4) is 11.8 Å². The molecule has 1 aromatic heterocycles. The Labute approximate surface area is 77.4 Å². The highest BCUT2D eigenvalue weighted by Gasteiger charge is 2.34. The molecular weight excluding hydrogens is 166 g/mol. The van der Waals surface area contributed by atoms with Crippen LogP contribution in [-0.4, -0.2) is 15.2 Å².